The van der Waals surface area contributed by atoms with Gasteiger partial charge in [-0.05, 0) is 383 Å². The van der Waals surface area contributed by atoms with Crippen LogP contribution < -0.4 is 25.3 Å². The number of nitrogens with two attached hydrogens (primary N) is 1. The predicted octanol–water partition coefficient (Wildman–Crippen LogP) is 19.5. The number of allylic oxidation sites excluding steroid dienone is 3. The molecule has 16 bridgehead atoms. The average molecular weight is 1660 g/mol. The van der Waals surface area contributed by atoms with Crippen molar-refractivity contribution in [3.63, 3.8) is 0 Å². The summed E-state index contributed by atoms with van der Waals surface area (Å²) >= 11 is 4.72. The minimum Gasteiger partial charge on any atom is -0.508 e. The van der Waals surface area contributed by atoms with Gasteiger partial charge in [-0.3, -0.25) is 4.79 Å². The van der Waals surface area contributed by atoms with Crippen LogP contribution in [0.5, 0.6) is 40.2 Å². The van der Waals surface area contributed by atoms with Gasteiger partial charge in [-0.15, -0.1) is 0 Å². The van der Waals surface area contributed by atoms with Crippen LogP contribution in [0, 0.1) is 97.2 Å². The third kappa shape index (κ3) is 22.1. The summed E-state index contributed by atoms with van der Waals surface area (Å²) in [5, 5.41) is 68.0. The highest BCUT2D eigenvalue weighted by Crippen LogP contribution is 2.65. The third-order valence-electron chi connectivity index (χ3n) is 27.9. The van der Waals surface area contributed by atoms with Gasteiger partial charge in [0.25, 0.3) is 5.91 Å². The number of benzene rings is 5. The normalized spacial score (nSPS) is 29.1. The number of hydrogen-bond donors (Lipinski definition) is 9. The van der Waals surface area contributed by atoms with E-state index in [0.29, 0.717) is 51.9 Å². The SMILES string of the molecule is C=C(/C(C)=C\C(=C\C(=O)O)OC)C12CC3CC(CC(C3)C1)C2.CCOC(=O)Cl.CCOC(=O)OC(=O)c1cc(C23CC4CC(CC(C4)C2)C3)c(C)cc1OC.COc1cc(C)c(C23CC4CC(CC(C4)C2)C3)cc1C(=O)NCc1ccc(O)cc1O.COc1cc(C)ccc1C(=O)O.NCc1ccc(O)cc1O.OC12CC3CC(CC(C3)C1)C2. The van der Waals surface area contributed by atoms with Crippen molar-refractivity contribution in [2.45, 2.75) is 225 Å². The van der Waals surface area contributed by atoms with E-state index in [4.69, 9.17) is 66.2 Å². The van der Waals surface area contributed by atoms with Crippen molar-refractivity contribution in [2.24, 2.45) is 82.2 Å². The molecule has 0 unspecified atom stereocenters. The molecule has 16 fully saturated rings. The van der Waals surface area contributed by atoms with Gasteiger partial charge in [0.05, 0.1) is 58.9 Å². The Labute approximate surface area is 705 Å². The molecule has 1 amide bonds. The number of hydrogen-bond acceptors (Lipinski definition) is 19. The Kier molecular flexibility index (Phi) is 29.7. The Morgan fingerprint density at radius 1 is 0.513 bits per heavy atom. The summed E-state index contributed by atoms with van der Waals surface area (Å²) in [6.07, 6.45) is 33.3. The van der Waals surface area contributed by atoms with Crippen LogP contribution >= 0.6 is 11.6 Å². The number of methoxy groups -OCH3 is 4. The van der Waals surface area contributed by atoms with Crippen molar-refractivity contribution in [1.82, 2.24) is 5.32 Å². The Hall–Kier alpha value is -9.25. The summed E-state index contributed by atoms with van der Waals surface area (Å²) in [5.74, 6) is 9.26. The van der Waals surface area contributed by atoms with E-state index in [2.05, 4.69) is 36.5 Å². The fourth-order valence-electron chi connectivity index (χ4n) is 24.7. The molecule has 0 heterocycles. The number of esters is 1. The van der Waals surface area contributed by atoms with Crippen LogP contribution in [0.4, 0.5) is 9.59 Å². The maximum Gasteiger partial charge on any atom is 0.516 e. The van der Waals surface area contributed by atoms with Gasteiger partial charge in [0, 0.05) is 48.0 Å². The first-order valence-electron chi connectivity index (χ1n) is 42.7. The molecular formula is C96H125ClN2O20. The van der Waals surface area contributed by atoms with Gasteiger partial charge in [0.2, 0.25) is 0 Å². The Bertz CT molecular complexity index is 4430. The van der Waals surface area contributed by atoms with E-state index >= 15 is 0 Å². The molecule has 0 aromatic heterocycles. The van der Waals surface area contributed by atoms with Crippen LogP contribution in [-0.4, -0.2) is 118 Å². The lowest BCUT2D eigenvalue weighted by Crippen LogP contribution is -2.50. The number of carboxylic acid groups (broad SMARTS) is 2. The van der Waals surface area contributed by atoms with E-state index < -0.39 is 29.5 Å². The lowest BCUT2D eigenvalue weighted by molar-refractivity contribution is -0.131. The molecule has 21 rings (SSSR count). The molecule has 119 heavy (non-hydrogen) atoms. The number of nitrogens with one attached hydrogen (secondary N) is 1. The van der Waals surface area contributed by atoms with E-state index in [1.807, 2.05) is 38.1 Å². The van der Waals surface area contributed by atoms with E-state index in [0.717, 1.165) is 113 Å². The van der Waals surface area contributed by atoms with Crippen LogP contribution in [0.3, 0.4) is 0 Å². The molecule has 0 atom stereocenters. The average Bonchev–Trinajstić information content (AvgIpc) is 0.735. The first-order valence-corrected chi connectivity index (χ1v) is 43.1. The highest BCUT2D eigenvalue weighted by Gasteiger charge is 2.56. The quantitative estimate of drug-likeness (QED) is 0.00982. The predicted molar refractivity (Wildman–Crippen MR) is 453 cm³/mol. The van der Waals surface area contributed by atoms with Gasteiger partial charge in [0.15, 0.2) is 0 Å². The zero-order valence-corrected chi connectivity index (χ0v) is 71.7. The lowest BCUT2D eigenvalue weighted by Gasteiger charge is -2.57. The molecule has 0 spiro atoms. The van der Waals surface area contributed by atoms with Gasteiger partial charge in [-0.2, -0.15) is 0 Å². The maximum absolute atomic E-state index is 13.1. The van der Waals surface area contributed by atoms with Crippen molar-refractivity contribution in [1.29, 1.82) is 0 Å². The molecule has 646 valence electrons. The minimum absolute atomic E-state index is 0.00649. The molecule has 23 heteroatoms. The van der Waals surface area contributed by atoms with Crippen molar-refractivity contribution >= 4 is 47.0 Å². The van der Waals surface area contributed by atoms with Crippen LogP contribution in [0.2, 0.25) is 0 Å². The molecule has 22 nitrogen and oxygen atoms in total. The number of aliphatic carboxylic acids is 1. The Morgan fingerprint density at radius 2 is 0.908 bits per heavy atom. The van der Waals surface area contributed by atoms with E-state index in [-0.39, 0.29) is 76.0 Å². The molecule has 5 aromatic carbocycles. The molecule has 16 aliphatic rings. The molecule has 0 radical (unpaired) electrons. The molecule has 0 saturated heterocycles. The first-order chi connectivity index (χ1) is 56.6. The zero-order valence-electron chi connectivity index (χ0n) is 71.0. The highest BCUT2D eigenvalue weighted by molar-refractivity contribution is 6.61. The summed E-state index contributed by atoms with van der Waals surface area (Å²) in [4.78, 5) is 68.4. The summed E-state index contributed by atoms with van der Waals surface area (Å²) < 4.78 is 34.8. The molecule has 16 aliphatic carbocycles. The number of phenolic OH excluding ortho intramolecular Hbond substituents is 4. The standard InChI is InChI=1S/C26H31NO4.C22H28O5.C19H26O3.C10H16O.C9H10O3.C7H9NO2.C3H5ClO2/c1-15-5-24(31-2)21(25(30)27-14-19-3-4-20(28)9-23(19)29)10-22(15)26-11-16-6-17(12-26)8-18(7-16)13-26;1-4-26-21(24)27-20(23)17-9-18(13(2)5-19(17)25-3)22-10-14-6-15(11-22)8-16(7-14)12-22;1-12(4-17(22-3)8-18(20)21)13(2)19-9-14-5-15(10-19)7-16(6-14)11-19;11-10-4-7-1-8(5-10)3-9(2-7)6-10;1-6-3-4-7(9(10)11)8(5-6)12-2;8-4-5-1-2-6(9)3-7(5)10;1-2-6-3(4)5/h3-5,9-10,16-18,28-29H,6-8,11-14H2,1-2H3,(H,27,30);5,9,14-16H,4,6-8,10-12H2,1-3H3;4,8,14-16H,2,5-7,9-11H2,1,3H3,(H,20,21);7-9,11H,1-6H2;3-5H,1-2H3,(H,10,11);1-3,9-10H,4,8H2;2H2,1H3/b;;12-4-,17-8-;;;;. The van der Waals surface area contributed by atoms with Crippen molar-refractivity contribution < 1.29 is 97.7 Å². The number of halogens is 1. The number of ether oxygens (including phenoxy) is 7. The monoisotopic (exact) mass is 1660 g/mol. The number of aromatic carboxylic acids is 1. The first kappa shape index (κ1) is 90.5. The smallest absolute Gasteiger partial charge is 0.508 e. The second-order valence-corrected chi connectivity index (χ2v) is 36.9. The summed E-state index contributed by atoms with van der Waals surface area (Å²) in [5.41, 5.74) is 15.4. The molecule has 5 aromatic rings. The van der Waals surface area contributed by atoms with Gasteiger partial charge < -0.3 is 80.0 Å². The van der Waals surface area contributed by atoms with E-state index in [1.165, 1.54) is 209 Å². The van der Waals surface area contributed by atoms with Crippen LogP contribution in [0.15, 0.2) is 114 Å². The molecular weight excluding hydrogens is 1540 g/mol. The maximum atomic E-state index is 13.1. The topological polar surface area (TPSA) is 347 Å². The number of phenols is 4. The third-order valence-corrected chi connectivity index (χ3v) is 28.0. The van der Waals surface area contributed by atoms with Gasteiger partial charge >= 0.3 is 29.5 Å². The minimum atomic E-state index is -0.985. The van der Waals surface area contributed by atoms with Crippen molar-refractivity contribution in [2.75, 3.05) is 41.7 Å². The fraction of sp³-hybridized carbons (Fsp3) is 0.562. The molecule has 0 aliphatic heterocycles. The largest absolute Gasteiger partial charge is 0.516 e. The van der Waals surface area contributed by atoms with E-state index in [1.54, 1.807) is 45.2 Å². The van der Waals surface area contributed by atoms with E-state index in [9.17, 15) is 44.1 Å². The summed E-state index contributed by atoms with van der Waals surface area (Å²) in [6.45, 7) is 16.9. The van der Waals surface area contributed by atoms with Gasteiger partial charge in [-0.25, -0.2) is 24.0 Å². The highest BCUT2D eigenvalue weighted by atomic mass is 35.5. The fourth-order valence-corrected chi connectivity index (χ4v) is 24.8. The number of carboxylic acids is 2. The van der Waals surface area contributed by atoms with Crippen molar-refractivity contribution in [3.8, 4) is 40.2 Å². The van der Waals surface area contributed by atoms with Gasteiger partial charge in [-0.1, -0.05) is 18.7 Å². The number of amides is 1. The molecule has 16 saturated carbocycles. The number of carbonyl (C=O) groups excluding carboxylic acids is 4. The second kappa shape index (κ2) is 39.1. The Morgan fingerprint density at radius 3 is 1.27 bits per heavy atom. The summed E-state index contributed by atoms with van der Waals surface area (Å²) in [7, 11) is 6.09. The number of aromatic hydroxyl groups is 4. The second-order valence-electron chi connectivity index (χ2n) is 36.6. The van der Waals surface area contributed by atoms with Crippen LogP contribution in [0.25, 0.3) is 0 Å². The number of carbonyl (C=O) groups is 6. The van der Waals surface area contributed by atoms with Crippen LogP contribution in [0.1, 0.15) is 245 Å². The zero-order chi connectivity index (χ0) is 86.0. The number of aliphatic hydroxyl groups is 1. The lowest BCUT2D eigenvalue weighted by atomic mass is 9.47. The Balaban J connectivity index is 0.000000144. The van der Waals surface area contributed by atoms with Gasteiger partial charge in [0.1, 0.15) is 57.1 Å². The number of aryl methyl sites for hydroxylation is 3. The van der Waals surface area contributed by atoms with Crippen molar-refractivity contribution in [3.05, 3.63) is 170 Å². The number of rotatable bonds is 18. The molecule has 10 N–H and O–H groups in total. The summed E-state index contributed by atoms with van der Waals surface area (Å²) in [6, 6.07) is 21.6. The van der Waals surface area contributed by atoms with Crippen LogP contribution in [-0.2, 0) is 47.7 Å².